The lowest BCUT2D eigenvalue weighted by atomic mass is 10.1. The van der Waals surface area contributed by atoms with E-state index in [1.807, 2.05) is 71.3 Å². The van der Waals surface area contributed by atoms with Gasteiger partial charge in [-0.3, -0.25) is 0 Å². The Kier molecular flexibility index (Phi) is 12.9. The van der Waals surface area contributed by atoms with E-state index >= 15 is 0 Å². The molecule has 0 saturated heterocycles. The van der Waals surface area contributed by atoms with Gasteiger partial charge in [0.15, 0.2) is 0 Å². The first-order valence-electron chi connectivity index (χ1n) is 13.6. The molecule has 2 heterocycles. The molecule has 12 heteroatoms. The number of hydrogen-bond acceptors (Lipinski definition) is 11. The van der Waals surface area contributed by atoms with Crippen molar-refractivity contribution < 1.29 is 9.90 Å². The van der Waals surface area contributed by atoms with Gasteiger partial charge in [-0.25, -0.2) is 4.79 Å². The molecule has 5 rings (SSSR count). The number of carboxylic acid groups (broad SMARTS) is 1. The van der Waals surface area contributed by atoms with Crippen molar-refractivity contribution in [3.63, 3.8) is 0 Å². The molecule has 0 aliphatic carbocycles. The van der Waals surface area contributed by atoms with E-state index in [2.05, 4.69) is 90.6 Å². The highest BCUT2D eigenvalue weighted by Gasteiger charge is 2.21. The van der Waals surface area contributed by atoms with Gasteiger partial charge in [-0.05, 0) is 96.3 Å². The van der Waals surface area contributed by atoms with Crippen LogP contribution in [0.25, 0.3) is 18.2 Å². The zero-order valence-corrected chi connectivity index (χ0v) is 31.7. The van der Waals surface area contributed by atoms with Gasteiger partial charge in [-0.2, -0.15) is 5.26 Å². The normalized spacial score (nSPS) is 15.0. The average Bonchev–Trinajstić information content (AvgIpc) is 3.68. The highest BCUT2D eigenvalue weighted by Crippen LogP contribution is 2.57. The van der Waals surface area contributed by atoms with Crippen LogP contribution in [-0.2, 0) is 4.79 Å². The molecule has 1 N–H and O–H groups in total. The second kappa shape index (κ2) is 16.8. The van der Waals surface area contributed by atoms with Crippen molar-refractivity contribution in [1.29, 1.82) is 5.26 Å². The number of nitriles is 1. The summed E-state index contributed by atoms with van der Waals surface area (Å²) in [6.07, 6.45) is 14.4. The predicted molar refractivity (Wildman–Crippen MR) is 217 cm³/mol. The molecule has 0 saturated carbocycles. The number of nitrogens with zero attached hydrogens (tertiary/aromatic N) is 2. The largest absolute Gasteiger partial charge is 0.477 e. The van der Waals surface area contributed by atoms with Gasteiger partial charge < -0.3 is 10.0 Å². The molecule has 234 valence electrons. The Hall–Kier alpha value is -2.08. The molecule has 46 heavy (non-hydrogen) atoms. The van der Waals surface area contributed by atoms with E-state index in [1.54, 1.807) is 53.1 Å². The topological polar surface area (TPSA) is 64.3 Å². The SMILES string of the molecule is CSC1=C(SC)SC(=Cc2ccc(N(c3ccc(C=C4SC(SC)=C(SC)S4)cc3)c3ccc(/C=C(\C#N)C(=O)O)cc3)cc2)S1. The van der Waals surface area contributed by atoms with Crippen molar-refractivity contribution >= 4 is 135 Å². The van der Waals surface area contributed by atoms with Crippen molar-refractivity contribution in [2.45, 2.75) is 0 Å². The summed E-state index contributed by atoms with van der Waals surface area (Å²) >= 11 is 14.5. The third-order valence-electron chi connectivity index (χ3n) is 6.53. The fraction of sp³-hybridized carbons (Fsp3) is 0.118. The minimum absolute atomic E-state index is 0.301. The van der Waals surface area contributed by atoms with Gasteiger partial charge in [-0.15, -0.1) is 47.0 Å². The summed E-state index contributed by atoms with van der Waals surface area (Å²) in [4.78, 5) is 13.5. The van der Waals surface area contributed by atoms with Crippen LogP contribution in [0.5, 0.6) is 0 Å². The molecule has 0 bridgehead atoms. The lowest BCUT2D eigenvalue weighted by Gasteiger charge is -2.26. The quantitative estimate of drug-likeness (QED) is 0.150. The van der Waals surface area contributed by atoms with Crippen molar-refractivity contribution in [1.82, 2.24) is 0 Å². The van der Waals surface area contributed by atoms with Crippen LogP contribution in [-0.4, -0.2) is 36.1 Å². The van der Waals surface area contributed by atoms with Crippen LogP contribution in [0.15, 0.2) is 104 Å². The maximum atomic E-state index is 11.4. The number of anilines is 3. The van der Waals surface area contributed by atoms with Gasteiger partial charge >= 0.3 is 5.97 Å². The average molecular weight is 753 g/mol. The molecule has 4 nitrogen and oxygen atoms in total. The fourth-order valence-corrected chi connectivity index (χ4v) is 14.3. The summed E-state index contributed by atoms with van der Waals surface area (Å²) in [6, 6.07) is 26.4. The van der Waals surface area contributed by atoms with Crippen molar-refractivity contribution in [2.75, 3.05) is 29.9 Å². The summed E-state index contributed by atoms with van der Waals surface area (Å²) in [7, 11) is 0. The summed E-state index contributed by atoms with van der Waals surface area (Å²) in [6.45, 7) is 0. The molecule has 0 spiro atoms. The molecular formula is C34H28N2O2S8. The fourth-order valence-electron chi connectivity index (χ4n) is 4.38. The minimum atomic E-state index is -1.24. The molecule has 0 radical (unpaired) electrons. The van der Waals surface area contributed by atoms with Gasteiger partial charge in [0.25, 0.3) is 0 Å². The number of hydrogen-bond donors (Lipinski definition) is 1. The highest BCUT2D eigenvalue weighted by molar-refractivity contribution is 8.41. The number of aliphatic carboxylic acids is 1. The van der Waals surface area contributed by atoms with Crippen LogP contribution in [0.2, 0.25) is 0 Å². The molecule has 3 aromatic carbocycles. The number of carbonyl (C=O) groups is 1. The number of thioether (sulfide) groups is 8. The molecule has 0 amide bonds. The van der Waals surface area contributed by atoms with E-state index in [-0.39, 0.29) is 5.57 Å². The van der Waals surface area contributed by atoms with E-state index < -0.39 is 5.97 Å². The third-order valence-corrected chi connectivity index (χ3v) is 16.7. The van der Waals surface area contributed by atoms with Crippen LogP contribution in [0, 0.1) is 11.3 Å². The molecule has 2 aliphatic rings. The van der Waals surface area contributed by atoms with Crippen LogP contribution in [0.1, 0.15) is 16.7 Å². The lowest BCUT2D eigenvalue weighted by Crippen LogP contribution is -2.09. The number of benzene rings is 3. The number of rotatable bonds is 11. The van der Waals surface area contributed by atoms with Crippen LogP contribution >= 0.6 is 94.1 Å². The third kappa shape index (κ3) is 8.68. The van der Waals surface area contributed by atoms with E-state index in [4.69, 9.17) is 0 Å². The Morgan fingerprint density at radius 1 is 0.630 bits per heavy atom. The summed E-state index contributed by atoms with van der Waals surface area (Å²) in [5.41, 5.74) is 5.54. The monoisotopic (exact) mass is 752 g/mol. The van der Waals surface area contributed by atoms with E-state index in [1.165, 1.54) is 31.5 Å². The highest BCUT2D eigenvalue weighted by atomic mass is 32.3. The Morgan fingerprint density at radius 2 is 0.957 bits per heavy atom. The molecule has 0 unspecified atom stereocenters. The maximum absolute atomic E-state index is 11.4. The standard InChI is InChI=1S/C34H28N2O2S8/c1-39-31-32(40-2)44-28(43-31)18-22-7-13-26(14-8-22)36(25-11-5-21(6-12-25)17-24(20-35)30(37)38)27-15-9-23(10-16-27)19-29-45-33(41-3)34(42-4)46-29/h5-19H,1-4H3,(H,37,38)/b24-17+. The molecule has 0 fully saturated rings. The summed E-state index contributed by atoms with van der Waals surface area (Å²) in [5, 5.41) is 18.5. The first kappa shape index (κ1) is 35.2. The summed E-state index contributed by atoms with van der Waals surface area (Å²) < 4.78 is 7.95. The maximum Gasteiger partial charge on any atom is 0.346 e. The van der Waals surface area contributed by atoms with Crippen molar-refractivity contribution in [3.05, 3.63) is 120 Å². The van der Waals surface area contributed by atoms with Crippen molar-refractivity contribution in [2.24, 2.45) is 0 Å². The first-order chi connectivity index (χ1) is 22.3. The molecule has 0 aromatic heterocycles. The predicted octanol–water partition coefficient (Wildman–Crippen LogP) is 12.4. The van der Waals surface area contributed by atoms with Gasteiger partial charge in [0, 0.05) is 17.1 Å². The Bertz CT molecular complexity index is 1680. The van der Waals surface area contributed by atoms with E-state index in [9.17, 15) is 15.2 Å². The van der Waals surface area contributed by atoms with Crippen LogP contribution in [0.4, 0.5) is 17.1 Å². The van der Waals surface area contributed by atoms with E-state index in [0.717, 1.165) is 28.2 Å². The zero-order chi connectivity index (χ0) is 32.6. The Morgan fingerprint density at radius 3 is 1.24 bits per heavy atom. The molecule has 3 aromatic rings. The minimum Gasteiger partial charge on any atom is -0.477 e. The van der Waals surface area contributed by atoms with Gasteiger partial charge in [-0.1, -0.05) is 83.4 Å². The zero-order valence-electron chi connectivity index (χ0n) is 25.2. The molecule has 2 aliphatic heterocycles. The second-order valence-electron chi connectivity index (χ2n) is 9.39. The van der Waals surface area contributed by atoms with Gasteiger partial charge in [0.2, 0.25) is 0 Å². The smallest absolute Gasteiger partial charge is 0.346 e. The Labute approximate surface area is 304 Å². The Balaban J connectivity index is 1.45. The second-order valence-corrected chi connectivity index (χ2v) is 18.4. The summed E-state index contributed by atoms with van der Waals surface area (Å²) in [5.74, 6) is -1.24. The molecule has 0 atom stereocenters. The van der Waals surface area contributed by atoms with Crippen molar-refractivity contribution in [3.8, 4) is 6.07 Å². The van der Waals surface area contributed by atoms with Gasteiger partial charge in [0.05, 0.1) is 25.4 Å². The first-order valence-corrected chi connectivity index (χ1v) is 21.8. The molecular weight excluding hydrogens is 725 g/mol. The lowest BCUT2D eigenvalue weighted by molar-refractivity contribution is -0.132. The van der Waals surface area contributed by atoms with Gasteiger partial charge in [0.1, 0.15) is 11.6 Å². The number of carboxylic acids is 1. The van der Waals surface area contributed by atoms with Crippen LogP contribution in [0.3, 0.4) is 0 Å². The van der Waals surface area contributed by atoms with Crippen LogP contribution < -0.4 is 4.90 Å². The van der Waals surface area contributed by atoms with E-state index in [0.29, 0.717) is 5.56 Å².